The lowest BCUT2D eigenvalue weighted by Gasteiger charge is -2.49. The van der Waals surface area contributed by atoms with Crippen molar-refractivity contribution in [2.75, 3.05) is 0 Å². The van der Waals surface area contributed by atoms with Gasteiger partial charge in [-0.1, -0.05) is 25.4 Å². The van der Waals surface area contributed by atoms with Crippen LogP contribution in [0.4, 0.5) is 0 Å². The molecule has 2 atom stereocenters. The molecule has 2 nitrogen and oxygen atoms in total. The fourth-order valence-electron chi connectivity index (χ4n) is 2.00. The Morgan fingerprint density at radius 2 is 2.31 bits per heavy atom. The molecule has 0 aromatic carbocycles. The summed E-state index contributed by atoms with van der Waals surface area (Å²) < 4.78 is 0. The molecule has 0 radical (unpaired) electrons. The predicted molar refractivity (Wildman–Crippen MR) is 67.9 cm³/mol. The van der Waals surface area contributed by atoms with Crippen LogP contribution in [0, 0.1) is 5.41 Å². The molecule has 1 aliphatic carbocycles. The quantitative estimate of drug-likeness (QED) is 0.843. The van der Waals surface area contributed by atoms with Crippen molar-refractivity contribution in [1.82, 2.24) is 10.3 Å². The lowest BCUT2D eigenvalue weighted by molar-refractivity contribution is 0.115. The first-order valence-corrected chi connectivity index (χ1v) is 6.29. The Bertz CT molecular complexity index is 379. The van der Waals surface area contributed by atoms with Crippen LogP contribution in [0.3, 0.4) is 0 Å². The highest BCUT2D eigenvalue weighted by Gasteiger charge is 2.46. The maximum atomic E-state index is 6.17. The van der Waals surface area contributed by atoms with Gasteiger partial charge in [0.05, 0.1) is 5.02 Å². The fourth-order valence-corrected chi connectivity index (χ4v) is 2.52. The summed E-state index contributed by atoms with van der Waals surface area (Å²) in [6.07, 6.45) is 4.46. The molecule has 1 fully saturated rings. The summed E-state index contributed by atoms with van der Waals surface area (Å²) in [6, 6.07) is 2.42. The maximum absolute atomic E-state index is 6.17. The van der Waals surface area contributed by atoms with Crippen LogP contribution in [0.5, 0.6) is 0 Å². The van der Waals surface area contributed by atoms with Gasteiger partial charge in [-0.25, -0.2) is 0 Å². The molecule has 1 heterocycles. The van der Waals surface area contributed by atoms with Crippen molar-refractivity contribution in [3.05, 3.63) is 29.0 Å². The molecule has 1 aromatic heterocycles. The Labute approximate surface area is 106 Å². The van der Waals surface area contributed by atoms with Crippen molar-refractivity contribution in [1.29, 1.82) is 0 Å². The third-order valence-corrected chi connectivity index (χ3v) is 4.62. The summed E-state index contributed by atoms with van der Waals surface area (Å²) in [5, 5.41) is 4.49. The van der Waals surface area contributed by atoms with Crippen molar-refractivity contribution in [3.63, 3.8) is 0 Å². The van der Waals surface area contributed by atoms with Crippen LogP contribution >= 0.6 is 23.2 Å². The van der Waals surface area contributed by atoms with E-state index in [2.05, 4.69) is 24.1 Å². The van der Waals surface area contributed by atoms with Crippen molar-refractivity contribution in [2.45, 2.75) is 38.2 Å². The van der Waals surface area contributed by atoms with Crippen LogP contribution < -0.4 is 5.32 Å². The zero-order valence-corrected chi connectivity index (χ0v) is 11.0. The van der Waals surface area contributed by atoms with Gasteiger partial charge in [-0.3, -0.25) is 4.98 Å². The average Bonchev–Trinajstić information content (AvgIpc) is 2.26. The number of pyridine rings is 1. The highest BCUT2D eigenvalue weighted by molar-refractivity contribution is 6.31. The van der Waals surface area contributed by atoms with Gasteiger partial charge in [0.25, 0.3) is 0 Å². The van der Waals surface area contributed by atoms with E-state index >= 15 is 0 Å². The van der Waals surface area contributed by atoms with Gasteiger partial charge in [0, 0.05) is 30.4 Å². The minimum absolute atomic E-state index is 0.168. The van der Waals surface area contributed by atoms with Crippen LogP contribution in [0.15, 0.2) is 18.5 Å². The molecule has 0 aliphatic heterocycles. The molecular formula is C12H16Cl2N2. The first-order valence-electron chi connectivity index (χ1n) is 5.47. The molecule has 0 saturated heterocycles. The van der Waals surface area contributed by atoms with E-state index in [0.717, 1.165) is 23.6 Å². The summed E-state index contributed by atoms with van der Waals surface area (Å²) >= 11 is 12.2. The highest BCUT2D eigenvalue weighted by atomic mass is 35.5. The second-order valence-electron chi connectivity index (χ2n) is 4.93. The number of halogens is 2. The van der Waals surface area contributed by atoms with E-state index in [1.807, 2.05) is 6.07 Å². The van der Waals surface area contributed by atoms with Gasteiger partial charge in [-0.15, -0.1) is 11.6 Å². The van der Waals surface area contributed by atoms with E-state index in [1.165, 1.54) is 0 Å². The van der Waals surface area contributed by atoms with Gasteiger partial charge < -0.3 is 5.32 Å². The summed E-state index contributed by atoms with van der Waals surface area (Å²) in [4.78, 5) is 3.97. The van der Waals surface area contributed by atoms with E-state index in [9.17, 15) is 0 Å². The molecule has 1 aromatic rings. The highest BCUT2D eigenvalue weighted by Crippen LogP contribution is 2.44. The summed E-state index contributed by atoms with van der Waals surface area (Å²) in [5.41, 5.74) is 1.26. The first kappa shape index (κ1) is 12.2. The van der Waals surface area contributed by atoms with Crippen LogP contribution in [0.1, 0.15) is 25.8 Å². The van der Waals surface area contributed by atoms with Crippen LogP contribution in [0.25, 0.3) is 0 Å². The largest absolute Gasteiger partial charge is 0.309 e. The number of alkyl halides is 1. The Morgan fingerprint density at radius 1 is 1.56 bits per heavy atom. The third kappa shape index (κ3) is 2.20. The monoisotopic (exact) mass is 258 g/mol. The lowest BCUT2D eigenvalue weighted by atomic mass is 9.67. The minimum Gasteiger partial charge on any atom is -0.309 e. The second-order valence-corrected chi connectivity index (χ2v) is 5.86. The lowest BCUT2D eigenvalue weighted by Crippen LogP contribution is -2.57. The molecule has 16 heavy (non-hydrogen) atoms. The number of hydrogen-bond acceptors (Lipinski definition) is 2. The molecule has 88 valence electrons. The molecule has 0 bridgehead atoms. The minimum atomic E-state index is 0.168. The van der Waals surface area contributed by atoms with E-state index in [1.54, 1.807) is 12.4 Å². The molecule has 2 unspecified atom stereocenters. The Hall–Kier alpha value is -0.310. The Morgan fingerprint density at radius 3 is 2.88 bits per heavy atom. The fraction of sp³-hybridized carbons (Fsp3) is 0.583. The van der Waals surface area contributed by atoms with Gasteiger partial charge in [-0.05, 0) is 23.5 Å². The summed E-state index contributed by atoms with van der Waals surface area (Å²) in [5.74, 6) is 0. The number of aromatic nitrogens is 1. The number of nitrogens with one attached hydrogen (secondary N) is 1. The van der Waals surface area contributed by atoms with Gasteiger partial charge in [0.1, 0.15) is 0 Å². The zero-order valence-electron chi connectivity index (χ0n) is 9.50. The van der Waals surface area contributed by atoms with Crippen molar-refractivity contribution in [3.8, 4) is 0 Å². The number of nitrogens with zero attached hydrogens (tertiary/aromatic N) is 1. The number of rotatable bonds is 3. The van der Waals surface area contributed by atoms with Crippen LogP contribution in [0.2, 0.25) is 5.02 Å². The molecule has 1 N–H and O–H groups in total. The van der Waals surface area contributed by atoms with Crippen LogP contribution in [-0.4, -0.2) is 16.4 Å². The summed E-state index contributed by atoms with van der Waals surface area (Å²) in [7, 11) is 0. The Kier molecular flexibility index (Phi) is 3.43. The maximum Gasteiger partial charge on any atom is 0.0634 e. The molecule has 0 amide bonds. The zero-order chi connectivity index (χ0) is 11.8. The van der Waals surface area contributed by atoms with E-state index in [-0.39, 0.29) is 10.8 Å². The Balaban J connectivity index is 1.92. The number of hydrogen-bond donors (Lipinski definition) is 1. The van der Waals surface area contributed by atoms with Gasteiger partial charge in [0.2, 0.25) is 0 Å². The summed E-state index contributed by atoms with van der Waals surface area (Å²) in [6.45, 7) is 5.17. The smallest absolute Gasteiger partial charge is 0.0634 e. The van der Waals surface area contributed by atoms with Gasteiger partial charge in [0.15, 0.2) is 0 Å². The first-order chi connectivity index (χ1) is 7.51. The van der Waals surface area contributed by atoms with Gasteiger partial charge in [-0.2, -0.15) is 0 Å². The molecular weight excluding hydrogens is 243 g/mol. The topological polar surface area (TPSA) is 24.9 Å². The van der Waals surface area contributed by atoms with Crippen molar-refractivity contribution < 1.29 is 0 Å². The van der Waals surface area contributed by atoms with E-state index < -0.39 is 0 Å². The van der Waals surface area contributed by atoms with Crippen LogP contribution in [-0.2, 0) is 6.54 Å². The molecule has 1 saturated carbocycles. The average molecular weight is 259 g/mol. The van der Waals surface area contributed by atoms with E-state index in [0.29, 0.717) is 6.04 Å². The standard InChI is InChI=1S/C12H16Cl2N2/c1-12(2)10(14)5-11(12)16-6-8-3-4-15-7-9(8)13/h3-4,7,10-11,16H,5-6H2,1-2H3. The normalized spacial score (nSPS) is 27.5. The van der Waals surface area contributed by atoms with Crippen molar-refractivity contribution in [2.24, 2.45) is 5.41 Å². The molecule has 2 rings (SSSR count). The second kappa shape index (κ2) is 4.52. The van der Waals surface area contributed by atoms with E-state index in [4.69, 9.17) is 23.2 Å². The van der Waals surface area contributed by atoms with Crippen molar-refractivity contribution >= 4 is 23.2 Å². The van der Waals surface area contributed by atoms with Gasteiger partial charge >= 0.3 is 0 Å². The molecule has 0 spiro atoms. The predicted octanol–water partition coefficient (Wildman–Crippen LogP) is 3.23. The third-order valence-electron chi connectivity index (χ3n) is 3.54. The SMILES string of the molecule is CC1(C)C(Cl)CC1NCc1ccncc1Cl. The molecule has 1 aliphatic rings. The molecule has 4 heteroatoms.